The molecule has 0 amide bonds. The zero-order valence-corrected chi connectivity index (χ0v) is 15.2. The number of hydrogen-bond acceptors (Lipinski definition) is 5. The fourth-order valence-electron chi connectivity index (χ4n) is 2.88. The van der Waals surface area contributed by atoms with Crippen LogP contribution in [0.25, 0.3) is 0 Å². The molecule has 2 aromatic rings. The molecule has 124 valence electrons. The second-order valence-corrected chi connectivity index (χ2v) is 6.49. The first kappa shape index (κ1) is 16.3. The van der Waals surface area contributed by atoms with Gasteiger partial charge in [-0.05, 0) is 31.0 Å². The Bertz CT molecular complexity index is 702. The summed E-state index contributed by atoms with van der Waals surface area (Å²) in [6.45, 7) is 3.83. The number of rotatable bonds is 6. The number of halogens is 1. The van der Waals surface area contributed by atoms with Crippen molar-refractivity contribution in [2.45, 2.75) is 38.9 Å². The number of fused-ring (bicyclic) bond motifs is 1. The summed E-state index contributed by atoms with van der Waals surface area (Å²) in [5, 5.41) is 12.1. The SMILES string of the molecule is COc1cc(Br)c(CNC(C)c2nnc3n2CCC3)cc1OC. The molecule has 1 N–H and O–H groups in total. The van der Waals surface area contributed by atoms with Gasteiger partial charge in [-0.1, -0.05) is 15.9 Å². The van der Waals surface area contributed by atoms with Crippen molar-refractivity contribution >= 4 is 15.9 Å². The van der Waals surface area contributed by atoms with Gasteiger partial charge in [-0.15, -0.1) is 10.2 Å². The predicted octanol–water partition coefficient (Wildman–Crippen LogP) is 2.85. The highest BCUT2D eigenvalue weighted by atomic mass is 79.9. The molecule has 0 bridgehead atoms. The molecule has 1 aliphatic heterocycles. The maximum Gasteiger partial charge on any atom is 0.161 e. The Labute approximate surface area is 144 Å². The van der Waals surface area contributed by atoms with Crippen LogP contribution in [0.4, 0.5) is 0 Å². The average molecular weight is 381 g/mol. The minimum Gasteiger partial charge on any atom is -0.493 e. The smallest absolute Gasteiger partial charge is 0.161 e. The molecule has 0 saturated heterocycles. The zero-order valence-electron chi connectivity index (χ0n) is 13.6. The highest BCUT2D eigenvalue weighted by molar-refractivity contribution is 9.10. The van der Waals surface area contributed by atoms with Gasteiger partial charge in [0.05, 0.1) is 20.3 Å². The molecule has 0 spiro atoms. The van der Waals surface area contributed by atoms with E-state index in [0.717, 1.165) is 46.8 Å². The Kier molecular flexibility index (Phi) is 4.87. The third kappa shape index (κ3) is 3.21. The first-order valence-electron chi connectivity index (χ1n) is 7.69. The van der Waals surface area contributed by atoms with Crippen LogP contribution in [0.15, 0.2) is 16.6 Å². The summed E-state index contributed by atoms with van der Waals surface area (Å²) in [6, 6.07) is 4.04. The Morgan fingerprint density at radius 1 is 1.26 bits per heavy atom. The zero-order chi connectivity index (χ0) is 16.4. The van der Waals surface area contributed by atoms with Crippen molar-refractivity contribution in [3.8, 4) is 11.5 Å². The third-order valence-electron chi connectivity index (χ3n) is 4.18. The summed E-state index contributed by atoms with van der Waals surface area (Å²) in [7, 11) is 3.28. The molecule has 0 radical (unpaired) electrons. The number of methoxy groups -OCH3 is 2. The van der Waals surface area contributed by atoms with Gasteiger partial charge in [-0.3, -0.25) is 0 Å². The van der Waals surface area contributed by atoms with E-state index in [-0.39, 0.29) is 6.04 Å². The van der Waals surface area contributed by atoms with E-state index >= 15 is 0 Å². The van der Waals surface area contributed by atoms with Gasteiger partial charge in [0.2, 0.25) is 0 Å². The van der Waals surface area contributed by atoms with Crippen LogP contribution in [0.3, 0.4) is 0 Å². The van der Waals surface area contributed by atoms with Crippen molar-refractivity contribution in [3.05, 3.63) is 33.8 Å². The molecule has 6 nitrogen and oxygen atoms in total. The summed E-state index contributed by atoms with van der Waals surface area (Å²) in [5.41, 5.74) is 1.11. The van der Waals surface area contributed by atoms with Gasteiger partial charge in [0.25, 0.3) is 0 Å². The normalized spacial score (nSPS) is 14.6. The van der Waals surface area contributed by atoms with Crippen molar-refractivity contribution in [1.29, 1.82) is 0 Å². The molecule has 1 aromatic heterocycles. The molecule has 2 heterocycles. The predicted molar refractivity (Wildman–Crippen MR) is 90.8 cm³/mol. The molecule has 23 heavy (non-hydrogen) atoms. The van der Waals surface area contributed by atoms with Gasteiger partial charge in [-0.2, -0.15) is 0 Å². The number of ether oxygens (including phenoxy) is 2. The van der Waals surface area contributed by atoms with E-state index in [1.807, 2.05) is 12.1 Å². The lowest BCUT2D eigenvalue weighted by Gasteiger charge is -2.16. The van der Waals surface area contributed by atoms with Gasteiger partial charge in [-0.25, -0.2) is 0 Å². The van der Waals surface area contributed by atoms with E-state index in [2.05, 4.69) is 42.9 Å². The highest BCUT2D eigenvalue weighted by Crippen LogP contribution is 2.33. The van der Waals surface area contributed by atoms with Crippen molar-refractivity contribution < 1.29 is 9.47 Å². The van der Waals surface area contributed by atoms with Crippen LogP contribution in [-0.4, -0.2) is 29.0 Å². The van der Waals surface area contributed by atoms with Gasteiger partial charge in [0, 0.05) is 24.0 Å². The molecular formula is C16H21BrN4O2. The summed E-state index contributed by atoms with van der Waals surface area (Å²) < 4.78 is 13.9. The molecule has 0 saturated carbocycles. The number of hydrogen-bond donors (Lipinski definition) is 1. The molecular weight excluding hydrogens is 360 g/mol. The Morgan fingerprint density at radius 3 is 2.74 bits per heavy atom. The first-order valence-corrected chi connectivity index (χ1v) is 8.49. The molecule has 3 rings (SSSR count). The molecule has 1 atom stereocenters. The highest BCUT2D eigenvalue weighted by Gasteiger charge is 2.21. The summed E-state index contributed by atoms with van der Waals surface area (Å²) in [4.78, 5) is 0. The van der Waals surface area contributed by atoms with Crippen LogP contribution in [0.5, 0.6) is 11.5 Å². The quantitative estimate of drug-likeness (QED) is 0.834. The fraction of sp³-hybridized carbons (Fsp3) is 0.500. The summed E-state index contributed by atoms with van der Waals surface area (Å²) in [6.07, 6.45) is 2.19. The number of aromatic nitrogens is 3. The lowest BCUT2D eigenvalue weighted by molar-refractivity contribution is 0.354. The number of benzene rings is 1. The monoisotopic (exact) mass is 380 g/mol. The largest absolute Gasteiger partial charge is 0.493 e. The number of aryl methyl sites for hydroxylation is 1. The molecule has 1 aromatic carbocycles. The minimum atomic E-state index is 0.134. The topological polar surface area (TPSA) is 61.2 Å². The first-order chi connectivity index (χ1) is 11.1. The van der Waals surface area contributed by atoms with E-state index in [1.54, 1.807) is 14.2 Å². The maximum absolute atomic E-state index is 5.37. The summed E-state index contributed by atoms with van der Waals surface area (Å²) in [5.74, 6) is 3.55. The summed E-state index contributed by atoms with van der Waals surface area (Å²) >= 11 is 3.59. The standard InChI is InChI=1S/C16H21BrN4O2/c1-10(16-20-19-15-5-4-6-21(15)16)18-9-11-7-13(22-2)14(23-3)8-12(11)17/h7-8,10,18H,4-6,9H2,1-3H3. The second-order valence-electron chi connectivity index (χ2n) is 5.63. The second kappa shape index (κ2) is 6.88. The number of nitrogens with one attached hydrogen (secondary N) is 1. The van der Waals surface area contributed by atoms with Crippen molar-refractivity contribution in [3.63, 3.8) is 0 Å². The Balaban J connectivity index is 1.72. The van der Waals surface area contributed by atoms with E-state index in [0.29, 0.717) is 12.3 Å². The van der Waals surface area contributed by atoms with Crippen LogP contribution in [0.2, 0.25) is 0 Å². The van der Waals surface area contributed by atoms with E-state index < -0.39 is 0 Å². The third-order valence-corrected chi connectivity index (χ3v) is 4.91. The van der Waals surface area contributed by atoms with Crippen LogP contribution < -0.4 is 14.8 Å². The van der Waals surface area contributed by atoms with Crippen molar-refractivity contribution in [2.75, 3.05) is 14.2 Å². The molecule has 7 heteroatoms. The lowest BCUT2D eigenvalue weighted by atomic mass is 10.2. The molecule has 0 aliphatic carbocycles. The van der Waals surface area contributed by atoms with Gasteiger partial charge < -0.3 is 19.4 Å². The maximum atomic E-state index is 5.37. The van der Waals surface area contributed by atoms with Crippen LogP contribution in [0.1, 0.15) is 36.6 Å². The minimum absolute atomic E-state index is 0.134. The molecule has 1 aliphatic rings. The van der Waals surface area contributed by atoms with Crippen LogP contribution in [-0.2, 0) is 19.5 Å². The van der Waals surface area contributed by atoms with E-state index in [9.17, 15) is 0 Å². The van der Waals surface area contributed by atoms with Gasteiger partial charge >= 0.3 is 0 Å². The van der Waals surface area contributed by atoms with Crippen molar-refractivity contribution in [2.24, 2.45) is 0 Å². The number of nitrogens with zero attached hydrogens (tertiary/aromatic N) is 3. The van der Waals surface area contributed by atoms with Crippen molar-refractivity contribution in [1.82, 2.24) is 20.1 Å². The van der Waals surface area contributed by atoms with Crippen LogP contribution in [0, 0.1) is 0 Å². The lowest BCUT2D eigenvalue weighted by Crippen LogP contribution is -2.22. The Morgan fingerprint density at radius 2 is 2.00 bits per heavy atom. The van der Waals surface area contributed by atoms with E-state index in [1.165, 1.54) is 0 Å². The molecule has 1 unspecified atom stereocenters. The molecule has 0 fully saturated rings. The van der Waals surface area contributed by atoms with Gasteiger partial charge in [0.1, 0.15) is 11.6 Å². The van der Waals surface area contributed by atoms with E-state index in [4.69, 9.17) is 9.47 Å². The Hall–Kier alpha value is -1.60. The van der Waals surface area contributed by atoms with Crippen LogP contribution >= 0.6 is 15.9 Å². The fourth-order valence-corrected chi connectivity index (χ4v) is 3.34. The average Bonchev–Trinajstić information content (AvgIpc) is 3.16. The van der Waals surface area contributed by atoms with Gasteiger partial charge in [0.15, 0.2) is 11.5 Å².